The Morgan fingerprint density at radius 2 is 1.52 bits per heavy atom. The van der Waals surface area contributed by atoms with E-state index in [9.17, 15) is 28.6 Å². The molecule has 1 aliphatic heterocycles. The molecule has 6 rings (SSSR count). The molecule has 44 heavy (non-hydrogen) atoms. The standard InChI is InChI=1S/C32H24F2N6O4/c33-19-9-5-17(6-10-19)15-38-32(44)26-29(41)24-21(3-1-13-36-24)23(39-26)27-22-4-2-14-37-25(22)30(42)28(31(35)43)40(27)16-18-7-11-20(34)12-8-18/h1-14,28,41-42H,15-16H2,(H2,35,43)(H,38,44). The van der Waals surface area contributed by atoms with Crippen molar-refractivity contribution >= 4 is 34.2 Å². The van der Waals surface area contributed by atoms with Gasteiger partial charge in [-0.15, -0.1) is 0 Å². The molecule has 220 valence electrons. The first-order valence-electron chi connectivity index (χ1n) is 13.4. The van der Waals surface area contributed by atoms with Crippen LogP contribution in [0.4, 0.5) is 8.78 Å². The molecule has 0 fully saturated rings. The Labute approximate surface area is 248 Å². The predicted molar refractivity (Wildman–Crippen MR) is 156 cm³/mol. The van der Waals surface area contributed by atoms with Crippen LogP contribution in [0.5, 0.6) is 5.75 Å². The Kier molecular flexibility index (Phi) is 7.31. The number of fused-ring (bicyclic) bond motifs is 2. The molecule has 1 atom stereocenters. The highest BCUT2D eigenvalue weighted by Crippen LogP contribution is 2.34. The van der Waals surface area contributed by atoms with Crippen LogP contribution in [0.25, 0.3) is 22.4 Å². The van der Waals surface area contributed by atoms with Gasteiger partial charge < -0.3 is 26.2 Å². The third-order valence-electron chi connectivity index (χ3n) is 7.24. The largest absolute Gasteiger partial charge is 0.507 e. The first-order valence-corrected chi connectivity index (χ1v) is 13.4. The second-order valence-corrected chi connectivity index (χ2v) is 10.1. The number of pyridine rings is 3. The highest BCUT2D eigenvalue weighted by atomic mass is 19.1. The summed E-state index contributed by atoms with van der Waals surface area (Å²) < 4.78 is 27.1. The van der Waals surface area contributed by atoms with Crippen LogP contribution >= 0.6 is 0 Å². The fourth-order valence-electron chi connectivity index (χ4n) is 5.20. The first kappa shape index (κ1) is 28.2. The average Bonchev–Trinajstić information content (AvgIpc) is 3.02. The second-order valence-electron chi connectivity index (χ2n) is 10.1. The summed E-state index contributed by atoms with van der Waals surface area (Å²) in [5.41, 5.74) is 7.12. The Morgan fingerprint density at radius 3 is 2.20 bits per heavy atom. The normalized spacial score (nSPS) is 14.4. The zero-order chi connectivity index (χ0) is 31.0. The van der Waals surface area contributed by atoms with Crippen LogP contribution in [0.2, 0.25) is 0 Å². The summed E-state index contributed by atoms with van der Waals surface area (Å²) in [4.78, 5) is 41.0. The Hall–Kier alpha value is -5.91. The third-order valence-corrected chi connectivity index (χ3v) is 7.24. The molecule has 2 aromatic carbocycles. The number of nitrogens with zero attached hydrogens (tertiary/aromatic N) is 4. The second kappa shape index (κ2) is 11.4. The smallest absolute Gasteiger partial charge is 0.274 e. The lowest BCUT2D eigenvalue weighted by Crippen LogP contribution is -2.54. The molecular weight excluding hydrogens is 570 g/mol. The number of aliphatic hydroxyl groups is 1. The molecule has 10 nitrogen and oxygen atoms in total. The number of halogens is 2. The summed E-state index contributed by atoms with van der Waals surface area (Å²) in [5.74, 6) is -3.38. The van der Waals surface area contributed by atoms with E-state index < -0.39 is 41.0 Å². The molecule has 2 amide bonds. The van der Waals surface area contributed by atoms with Gasteiger partial charge in [0.15, 0.2) is 23.2 Å². The van der Waals surface area contributed by atoms with Gasteiger partial charge in [-0.25, -0.2) is 13.8 Å². The van der Waals surface area contributed by atoms with E-state index in [0.29, 0.717) is 21.7 Å². The van der Waals surface area contributed by atoms with Crippen molar-refractivity contribution in [2.24, 2.45) is 5.73 Å². The van der Waals surface area contributed by atoms with Crippen molar-refractivity contribution in [1.82, 2.24) is 25.2 Å². The first-order chi connectivity index (χ1) is 21.2. The molecule has 4 heterocycles. The van der Waals surface area contributed by atoms with Crippen LogP contribution < -0.4 is 21.6 Å². The Bertz CT molecular complexity index is 2050. The Morgan fingerprint density at radius 1 is 0.886 bits per heavy atom. The third kappa shape index (κ3) is 5.13. The van der Waals surface area contributed by atoms with E-state index >= 15 is 0 Å². The summed E-state index contributed by atoms with van der Waals surface area (Å²) in [6.45, 7) is -0.0134. The van der Waals surface area contributed by atoms with Crippen LogP contribution in [-0.4, -0.2) is 47.9 Å². The summed E-state index contributed by atoms with van der Waals surface area (Å²) in [6, 6.07) is 16.3. The average molecular weight is 595 g/mol. The number of carbonyl (C=O) groups excluding carboxylic acids is 2. The molecule has 12 heteroatoms. The maximum Gasteiger partial charge on any atom is 0.274 e. The van der Waals surface area contributed by atoms with Gasteiger partial charge in [-0.05, 0) is 59.7 Å². The minimum atomic E-state index is -1.41. The molecule has 0 spiro atoms. The molecule has 3 aromatic heterocycles. The van der Waals surface area contributed by atoms with Gasteiger partial charge >= 0.3 is 0 Å². The molecule has 0 bridgehead atoms. The number of rotatable bonds is 7. The van der Waals surface area contributed by atoms with Gasteiger partial charge in [0, 0.05) is 36.1 Å². The van der Waals surface area contributed by atoms with E-state index in [4.69, 9.17) is 5.73 Å². The monoisotopic (exact) mass is 594 g/mol. The van der Waals surface area contributed by atoms with Crippen LogP contribution in [0.1, 0.15) is 27.3 Å². The molecule has 1 aliphatic rings. The number of amides is 2. The maximum absolute atomic E-state index is 13.8. The van der Waals surface area contributed by atoms with Crippen molar-refractivity contribution in [3.63, 3.8) is 0 Å². The van der Waals surface area contributed by atoms with Crippen molar-refractivity contribution in [2.75, 3.05) is 0 Å². The van der Waals surface area contributed by atoms with Crippen LogP contribution in [0.3, 0.4) is 0 Å². The van der Waals surface area contributed by atoms with E-state index in [0.717, 1.165) is 0 Å². The number of benzene rings is 2. The van der Waals surface area contributed by atoms with Crippen molar-refractivity contribution in [3.05, 3.63) is 130 Å². The van der Waals surface area contributed by atoms with Crippen molar-refractivity contribution < 1.29 is 28.6 Å². The van der Waals surface area contributed by atoms with E-state index in [1.54, 1.807) is 24.3 Å². The summed E-state index contributed by atoms with van der Waals surface area (Å²) in [6.07, 6.45) is 2.88. The molecule has 1 unspecified atom stereocenters. The lowest BCUT2D eigenvalue weighted by atomic mass is 9.99. The quantitative estimate of drug-likeness (QED) is 0.224. The van der Waals surface area contributed by atoms with Crippen LogP contribution in [0, 0.1) is 11.6 Å². The van der Waals surface area contributed by atoms with Gasteiger partial charge in [0.05, 0.1) is 11.4 Å². The van der Waals surface area contributed by atoms with Crippen LogP contribution in [0.15, 0.2) is 85.2 Å². The number of aliphatic hydroxyl groups excluding tert-OH is 1. The number of nitrogens with two attached hydrogens (primary N) is 1. The van der Waals surface area contributed by atoms with E-state index in [1.165, 1.54) is 65.8 Å². The highest BCUT2D eigenvalue weighted by molar-refractivity contribution is 6.03. The number of carbonyl (C=O) groups is 2. The molecule has 0 aliphatic carbocycles. The summed E-state index contributed by atoms with van der Waals surface area (Å²) >= 11 is 0. The van der Waals surface area contributed by atoms with Gasteiger partial charge in [-0.1, -0.05) is 24.3 Å². The van der Waals surface area contributed by atoms with Crippen molar-refractivity contribution in [1.29, 1.82) is 0 Å². The topological polar surface area (TPSA) is 155 Å². The lowest BCUT2D eigenvalue weighted by molar-refractivity contribution is -0.121. The van der Waals surface area contributed by atoms with Gasteiger partial charge in [0.25, 0.3) is 5.91 Å². The van der Waals surface area contributed by atoms with Gasteiger partial charge in [-0.2, -0.15) is 0 Å². The Balaban J connectivity index is 1.58. The van der Waals surface area contributed by atoms with E-state index in [2.05, 4.69) is 20.3 Å². The number of primary amides is 1. The molecular formula is C32H24F2N6O4. The summed E-state index contributed by atoms with van der Waals surface area (Å²) in [7, 11) is 0. The maximum atomic E-state index is 13.8. The fourth-order valence-corrected chi connectivity index (χ4v) is 5.20. The highest BCUT2D eigenvalue weighted by Gasteiger charge is 2.37. The fraction of sp³-hybridized carbons (Fsp3) is 0.0938. The number of aromatic hydroxyl groups is 1. The molecule has 0 saturated carbocycles. The van der Waals surface area contributed by atoms with Gasteiger partial charge in [-0.3, -0.25) is 19.6 Å². The van der Waals surface area contributed by atoms with E-state index in [1.807, 2.05) is 0 Å². The molecule has 5 aromatic rings. The van der Waals surface area contributed by atoms with Gasteiger partial charge in [0.2, 0.25) is 5.91 Å². The minimum Gasteiger partial charge on any atom is -0.507 e. The zero-order valence-electron chi connectivity index (χ0n) is 22.9. The van der Waals surface area contributed by atoms with Gasteiger partial charge in [0.1, 0.15) is 22.5 Å². The zero-order valence-corrected chi connectivity index (χ0v) is 22.9. The van der Waals surface area contributed by atoms with Crippen molar-refractivity contribution in [2.45, 2.75) is 19.1 Å². The lowest BCUT2D eigenvalue weighted by Gasteiger charge is -2.36. The summed E-state index contributed by atoms with van der Waals surface area (Å²) in [5, 5.41) is 25.8. The predicted octanol–water partition coefficient (Wildman–Crippen LogP) is 2.13. The minimum absolute atomic E-state index is 0.0163. The number of hydrogen-bond donors (Lipinski definition) is 4. The number of nitrogens with one attached hydrogen (secondary N) is 1. The molecule has 5 N–H and O–H groups in total. The molecule has 0 radical (unpaired) electrons. The van der Waals surface area contributed by atoms with E-state index in [-0.39, 0.29) is 41.0 Å². The molecule has 0 saturated heterocycles. The number of hydrogen-bond acceptors (Lipinski definition) is 8. The van der Waals surface area contributed by atoms with Crippen LogP contribution in [-0.2, 0) is 17.9 Å². The SMILES string of the molecule is NC(=O)C1C(O)=c2ncccc2=C(c2nc(C(=O)NCc3ccc(F)cc3)c(O)c3ncccc23)N1Cc1ccc(F)cc1. The van der Waals surface area contributed by atoms with Crippen molar-refractivity contribution in [3.8, 4) is 5.75 Å². The number of aromatic nitrogens is 3.